The molecular formula is C44H56I4N8Pd2. The fourth-order valence-corrected chi connectivity index (χ4v) is 10.4. The van der Waals surface area contributed by atoms with Crippen LogP contribution in [0.3, 0.4) is 0 Å². The van der Waals surface area contributed by atoms with Gasteiger partial charge in [-0.2, -0.15) is 0 Å². The number of para-hydroxylation sites is 8. The first-order valence-corrected chi connectivity index (χ1v) is 38.7. The molecule has 4 heterocycles. The maximum atomic E-state index is 2.67. The van der Waals surface area contributed by atoms with Crippen LogP contribution in [0.4, 0.5) is 45.5 Å². The predicted molar refractivity (Wildman–Crippen MR) is 277 cm³/mol. The normalized spacial score (nSPS) is 23.0. The second-order valence-corrected chi connectivity index (χ2v) is 40.1. The third-order valence-corrected chi connectivity index (χ3v) is 12.9. The van der Waals surface area contributed by atoms with Crippen molar-refractivity contribution in [3.05, 3.63) is 97.1 Å². The van der Waals surface area contributed by atoms with Gasteiger partial charge < -0.3 is 39.2 Å². The zero-order valence-electron chi connectivity index (χ0n) is 33.8. The van der Waals surface area contributed by atoms with Crippen LogP contribution in [0, 0.1) is 0 Å². The van der Waals surface area contributed by atoms with Crippen LogP contribution in [0.15, 0.2) is 97.1 Å². The van der Waals surface area contributed by atoms with E-state index in [0.29, 0.717) is 24.2 Å². The first-order valence-electron chi connectivity index (χ1n) is 20.2. The van der Waals surface area contributed by atoms with Crippen molar-refractivity contribution in [1.29, 1.82) is 0 Å². The van der Waals surface area contributed by atoms with Crippen LogP contribution in [-0.2, 0) is 21.5 Å². The van der Waals surface area contributed by atoms with Gasteiger partial charge in [-0.05, 0) is 74.2 Å². The van der Waals surface area contributed by atoms with Crippen LogP contribution < -0.4 is 39.2 Å². The molecule has 0 radical (unpaired) electrons. The predicted octanol–water partition coefficient (Wildman–Crippen LogP) is 11.8. The zero-order valence-corrected chi connectivity index (χ0v) is 45.5. The molecule has 0 spiro atoms. The summed E-state index contributed by atoms with van der Waals surface area (Å²) in [5.41, 5.74) is 11.1. The van der Waals surface area contributed by atoms with E-state index >= 15 is 0 Å². The van der Waals surface area contributed by atoms with Crippen LogP contribution >= 0.6 is 78.1 Å². The molecule has 58 heavy (non-hydrogen) atoms. The Labute approximate surface area is 406 Å². The van der Waals surface area contributed by atoms with Crippen LogP contribution in [0.5, 0.6) is 0 Å². The summed E-state index contributed by atoms with van der Waals surface area (Å²) in [6.45, 7) is 4.02. The molecule has 2 saturated carbocycles. The van der Waals surface area contributed by atoms with Crippen molar-refractivity contribution in [2.24, 2.45) is 0 Å². The first-order chi connectivity index (χ1) is 28.3. The van der Waals surface area contributed by atoms with E-state index in [4.69, 9.17) is 0 Å². The average Bonchev–Trinajstić information content (AvgIpc) is 3.99. The van der Waals surface area contributed by atoms with Gasteiger partial charge >= 0.3 is 99.6 Å². The van der Waals surface area contributed by atoms with Crippen molar-refractivity contribution in [2.75, 3.05) is 94.1 Å². The number of benzene rings is 4. The van der Waals surface area contributed by atoms with Crippen LogP contribution in [0.1, 0.15) is 51.4 Å². The molecule has 2 aliphatic carbocycles. The Kier molecular flexibility index (Phi) is 17.1. The van der Waals surface area contributed by atoms with Gasteiger partial charge in [0.25, 0.3) is 0 Å². The van der Waals surface area contributed by atoms with Crippen molar-refractivity contribution in [3.8, 4) is 0 Å². The van der Waals surface area contributed by atoms with Gasteiger partial charge in [-0.25, -0.2) is 0 Å². The summed E-state index contributed by atoms with van der Waals surface area (Å²) in [7, 11) is 10.7. The van der Waals surface area contributed by atoms with Gasteiger partial charge in [0, 0.05) is 28.2 Å². The Morgan fingerprint density at radius 3 is 0.707 bits per heavy atom. The third-order valence-electron chi connectivity index (χ3n) is 12.9. The van der Waals surface area contributed by atoms with Gasteiger partial charge in [0.2, 0.25) is 0 Å². The Morgan fingerprint density at radius 1 is 0.345 bits per heavy atom. The van der Waals surface area contributed by atoms with E-state index in [9.17, 15) is 0 Å². The number of hydrogen-bond donors (Lipinski definition) is 0. The quantitative estimate of drug-likeness (QED) is 0.147. The molecule has 0 bridgehead atoms. The van der Waals surface area contributed by atoms with E-state index < -0.39 is 0 Å². The van der Waals surface area contributed by atoms with Crippen molar-refractivity contribution < 1.29 is 21.5 Å². The standard InChI is InChI=1S/2C22H28N4.4HI.2Pd/c2*1-23-15-25(19-11-5-3-9-17(19)23)21-13-7-8-14-22(21)26-16-24(2)18-10-4-6-12-20(18)26;;;;;;/h2*3-6,9-12,21-22H,7-8,13-16H2,1-2H3;4*1H;;/q;;;;;;2*+2/p-4/t2*21-,22-;;;;;;/m00....../s1. The van der Waals surface area contributed by atoms with E-state index in [2.05, 4.69) is 243 Å². The second-order valence-electron chi connectivity index (χ2n) is 16.1. The second kappa shape index (κ2) is 21.7. The molecule has 320 valence electrons. The molecule has 4 aromatic rings. The third kappa shape index (κ3) is 9.84. The molecule has 0 unspecified atom stereocenters. The number of fused-ring (bicyclic) bond motifs is 4. The van der Waals surface area contributed by atoms with Crippen LogP contribution in [0.2, 0.25) is 0 Å². The van der Waals surface area contributed by atoms with E-state index in [1.165, 1.54) is 96.9 Å². The molecule has 0 N–H and O–H groups in total. The van der Waals surface area contributed by atoms with Crippen molar-refractivity contribution in [2.45, 2.75) is 75.5 Å². The van der Waals surface area contributed by atoms with E-state index in [1.54, 1.807) is 0 Å². The number of hydrogen-bond acceptors (Lipinski definition) is 8. The van der Waals surface area contributed by atoms with Crippen LogP contribution in [0.25, 0.3) is 0 Å². The Hall–Kier alpha value is -0.475. The van der Waals surface area contributed by atoms with E-state index in [-0.39, 0.29) is 0 Å². The van der Waals surface area contributed by atoms with Crippen molar-refractivity contribution in [1.82, 2.24) is 0 Å². The topological polar surface area (TPSA) is 25.9 Å². The number of rotatable bonds is 4. The molecule has 10 rings (SSSR count). The molecule has 4 aliphatic heterocycles. The summed E-state index contributed by atoms with van der Waals surface area (Å²) in [6.07, 6.45) is 10.5. The van der Waals surface area contributed by atoms with Gasteiger partial charge in [-0.1, -0.05) is 74.2 Å². The molecule has 0 saturated heterocycles. The molecule has 6 aliphatic rings. The minimum absolute atomic E-state index is 0.578. The minimum atomic E-state index is 0.578. The van der Waals surface area contributed by atoms with Gasteiger partial charge in [-0.3, -0.25) is 0 Å². The van der Waals surface area contributed by atoms with E-state index in [0.717, 1.165) is 48.2 Å². The zero-order chi connectivity index (χ0) is 40.8. The summed E-state index contributed by atoms with van der Waals surface area (Å²) in [5, 5.41) is 0. The molecule has 8 nitrogen and oxygen atoms in total. The Balaban J connectivity index is 0.000000156. The summed E-state index contributed by atoms with van der Waals surface area (Å²) in [4.78, 5) is 20.2. The van der Waals surface area contributed by atoms with Gasteiger partial charge in [0.15, 0.2) is 0 Å². The number of anilines is 8. The van der Waals surface area contributed by atoms with E-state index in [1.807, 2.05) is 0 Å². The average molecular weight is 1420 g/mol. The summed E-state index contributed by atoms with van der Waals surface area (Å²) >= 11 is 9.30. The van der Waals surface area contributed by atoms with Crippen molar-refractivity contribution >= 4 is 124 Å². The SMILES string of the molecule is CN1CN([C@H]2CCCC[C@@H]2N2CN(C)c3ccccc32)c2ccccc21.CN1CN([C@H]2CCCC[C@@H]2N2CN(C)c3ccccc32)c2ccccc21.[I][Pd][I].[I][Pd][I]. The fourth-order valence-electron chi connectivity index (χ4n) is 10.4. The molecular weight excluding hydrogens is 1360 g/mol. The molecule has 0 aromatic heterocycles. The van der Waals surface area contributed by atoms with Gasteiger partial charge in [0.05, 0.1) is 96.3 Å². The Morgan fingerprint density at radius 2 is 0.517 bits per heavy atom. The summed E-state index contributed by atoms with van der Waals surface area (Å²) in [5.74, 6) is 0. The van der Waals surface area contributed by atoms with Crippen LogP contribution in [-0.4, -0.2) is 79.0 Å². The molecule has 2 fully saturated rings. The maximum absolute atomic E-state index is 2.67. The monoisotopic (exact) mass is 1420 g/mol. The van der Waals surface area contributed by atoms with Gasteiger partial charge in [-0.15, -0.1) is 0 Å². The first kappa shape index (κ1) is 45.5. The molecule has 4 atom stereocenters. The fraction of sp³-hybridized carbons (Fsp3) is 0.455. The molecule has 14 heteroatoms. The summed E-state index contributed by atoms with van der Waals surface area (Å²) in [6, 6.07) is 37.9. The Bertz CT molecular complexity index is 1670. The summed E-state index contributed by atoms with van der Waals surface area (Å²) < 4.78 is 0. The van der Waals surface area contributed by atoms with Gasteiger partial charge in [0.1, 0.15) is 0 Å². The van der Waals surface area contributed by atoms with Crippen molar-refractivity contribution in [3.63, 3.8) is 0 Å². The number of nitrogens with zero attached hydrogens (tertiary/aromatic N) is 8. The molecule has 0 amide bonds. The molecule has 4 aromatic carbocycles. The number of halogens is 4.